The Kier molecular flexibility index (Phi) is 3.96. The fourth-order valence-corrected chi connectivity index (χ4v) is 2.29. The predicted molar refractivity (Wildman–Crippen MR) is 84.2 cm³/mol. The molecule has 0 radical (unpaired) electrons. The van der Waals surface area contributed by atoms with Crippen molar-refractivity contribution in [3.8, 4) is 5.75 Å². The highest BCUT2D eigenvalue weighted by Crippen LogP contribution is 2.28. The molecule has 106 valence electrons. The molecule has 2 heterocycles. The lowest BCUT2D eigenvalue weighted by Crippen LogP contribution is -2.01. The number of anilines is 1. The van der Waals surface area contributed by atoms with E-state index in [1.54, 1.807) is 6.20 Å². The van der Waals surface area contributed by atoms with Crippen LogP contribution in [-0.4, -0.2) is 16.6 Å². The van der Waals surface area contributed by atoms with Crippen LogP contribution in [0.4, 0.5) is 5.69 Å². The second-order valence-electron chi connectivity index (χ2n) is 4.86. The number of pyridine rings is 2. The Hall–Kier alpha value is -2.62. The first-order valence-electron chi connectivity index (χ1n) is 6.99. The van der Waals surface area contributed by atoms with E-state index in [1.165, 1.54) is 5.56 Å². The van der Waals surface area contributed by atoms with Crippen LogP contribution < -0.4 is 10.5 Å². The van der Waals surface area contributed by atoms with Crippen molar-refractivity contribution in [2.75, 3.05) is 12.3 Å². The number of nitrogens with two attached hydrogens (primary N) is 1. The van der Waals surface area contributed by atoms with Crippen LogP contribution in [0.15, 0.2) is 55.0 Å². The maximum absolute atomic E-state index is 5.95. The Morgan fingerprint density at radius 1 is 1.00 bits per heavy atom. The third kappa shape index (κ3) is 3.11. The molecule has 0 unspecified atom stereocenters. The van der Waals surface area contributed by atoms with Gasteiger partial charge in [0, 0.05) is 29.7 Å². The number of hydrogen-bond acceptors (Lipinski definition) is 4. The molecule has 0 amide bonds. The van der Waals surface area contributed by atoms with E-state index in [-0.39, 0.29) is 0 Å². The number of nitrogen functional groups attached to an aromatic ring is 1. The van der Waals surface area contributed by atoms with E-state index in [0.29, 0.717) is 6.61 Å². The second kappa shape index (κ2) is 6.22. The highest BCUT2D eigenvalue weighted by atomic mass is 16.5. The molecule has 3 rings (SSSR count). The minimum atomic E-state index is 0.651. The van der Waals surface area contributed by atoms with Gasteiger partial charge in [0.05, 0.1) is 6.61 Å². The molecule has 4 heteroatoms. The van der Waals surface area contributed by atoms with Gasteiger partial charge in [-0.3, -0.25) is 9.97 Å². The number of aryl methyl sites for hydroxylation is 1. The quantitative estimate of drug-likeness (QED) is 0.575. The molecule has 0 fully saturated rings. The third-order valence-corrected chi connectivity index (χ3v) is 3.38. The van der Waals surface area contributed by atoms with Gasteiger partial charge < -0.3 is 10.5 Å². The molecule has 0 aliphatic rings. The molecular weight excluding hydrogens is 262 g/mol. The van der Waals surface area contributed by atoms with Gasteiger partial charge in [0.2, 0.25) is 0 Å². The highest BCUT2D eigenvalue weighted by Gasteiger charge is 2.05. The minimum absolute atomic E-state index is 0.651. The Balaban J connectivity index is 1.65. The summed E-state index contributed by atoms with van der Waals surface area (Å²) in [5, 5.41) is 0.934. The summed E-state index contributed by atoms with van der Waals surface area (Å²) < 4.78 is 5.86. The van der Waals surface area contributed by atoms with Crippen LogP contribution in [0.3, 0.4) is 0 Å². The minimum Gasteiger partial charge on any atom is -0.491 e. The van der Waals surface area contributed by atoms with Crippen molar-refractivity contribution < 1.29 is 4.74 Å². The zero-order valence-electron chi connectivity index (χ0n) is 11.7. The van der Waals surface area contributed by atoms with E-state index in [9.17, 15) is 0 Å². The van der Waals surface area contributed by atoms with Gasteiger partial charge in [-0.1, -0.05) is 0 Å². The first-order chi connectivity index (χ1) is 10.3. The van der Waals surface area contributed by atoms with E-state index in [4.69, 9.17) is 10.5 Å². The first kappa shape index (κ1) is 13.4. The number of hydrogen-bond donors (Lipinski definition) is 1. The fourth-order valence-electron chi connectivity index (χ4n) is 2.29. The molecule has 0 bridgehead atoms. The van der Waals surface area contributed by atoms with Gasteiger partial charge in [0.25, 0.3) is 0 Å². The fraction of sp³-hybridized carbons (Fsp3) is 0.176. The van der Waals surface area contributed by atoms with Crippen molar-refractivity contribution in [3.63, 3.8) is 0 Å². The summed E-state index contributed by atoms with van der Waals surface area (Å²) in [7, 11) is 0. The Labute approximate surface area is 123 Å². The maximum atomic E-state index is 5.95. The smallest absolute Gasteiger partial charge is 0.145 e. The molecule has 4 nitrogen and oxygen atoms in total. The predicted octanol–water partition coefficient (Wildman–Crippen LogP) is 3.22. The van der Waals surface area contributed by atoms with Crippen LogP contribution in [0.25, 0.3) is 10.9 Å². The first-order valence-corrected chi connectivity index (χ1v) is 6.99. The van der Waals surface area contributed by atoms with Gasteiger partial charge in [0.15, 0.2) is 0 Å². The number of benzene rings is 1. The summed E-state index contributed by atoms with van der Waals surface area (Å²) in [5.41, 5.74) is 8.77. The molecule has 2 aromatic heterocycles. The maximum Gasteiger partial charge on any atom is 0.145 e. The van der Waals surface area contributed by atoms with E-state index in [1.807, 2.05) is 48.8 Å². The van der Waals surface area contributed by atoms with Gasteiger partial charge in [-0.05, 0) is 54.8 Å². The molecule has 21 heavy (non-hydrogen) atoms. The largest absolute Gasteiger partial charge is 0.491 e. The van der Waals surface area contributed by atoms with E-state index in [2.05, 4.69) is 9.97 Å². The molecule has 3 aromatic rings. The van der Waals surface area contributed by atoms with Crippen molar-refractivity contribution in [2.45, 2.75) is 12.8 Å². The number of ether oxygens (including phenoxy) is 1. The molecular formula is C17H17N3O. The molecule has 1 aromatic carbocycles. The number of nitrogens with zero attached hydrogens (tertiary/aromatic N) is 2. The standard InChI is InChI=1S/C17H17N3O/c18-15-5-6-16(17-14(15)4-1-9-20-17)21-12-2-3-13-7-10-19-11-8-13/h1,4-11H,2-3,12,18H2. The summed E-state index contributed by atoms with van der Waals surface area (Å²) in [6, 6.07) is 11.6. The molecule has 0 saturated carbocycles. The van der Waals surface area contributed by atoms with Crippen molar-refractivity contribution in [2.24, 2.45) is 0 Å². The topological polar surface area (TPSA) is 61.0 Å². The normalized spacial score (nSPS) is 10.7. The van der Waals surface area contributed by atoms with Crippen LogP contribution >= 0.6 is 0 Å². The zero-order chi connectivity index (χ0) is 14.5. The second-order valence-corrected chi connectivity index (χ2v) is 4.86. The van der Waals surface area contributed by atoms with Crippen molar-refractivity contribution in [1.29, 1.82) is 0 Å². The Bertz CT molecular complexity index is 728. The Morgan fingerprint density at radius 3 is 2.71 bits per heavy atom. The summed E-state index contributed by atoms with van der Waals surface area (Å²) in [6.07, 6.45) is 7.30. The van der Waals surface area contributed by atoms with Gasteiger partial charge >= 0.3 is 0 Å². The molecule has 2 N–H and O–H groups in total. The van der Waals surface area contributed by atoms with Crippen LogP contribution in [0, 0.1) is 0 Å². The summed E-state index contributed by atoms with van der Waals surface area (Å²) in [5.74, 6) is 0.787. The molecule has 0 atom stereocenters. The molecule has 0 aliphatic heterocycles. The van der Waals surface area contributed by atoms with Crippen molar-refractivity contribution in [3.05, 3.63) is 60.6 Å². The SMILES string of the molecule is Nc1ccc(OCCCc2ccncc2)c2ncccc12. The molecule has 0 spiro atoms. The summed E-state index contributed by atoms with van der Waals surface area (Å²) >= 11 is 0. The highest BCUT2D eigenvalue weighted by molar-refractivity contribution is 5.94. The lowest BCUT2D eigenvalue weighted by atomic mass is 10.1. The van der Waals surface area contributed by atoms with Gasteiger partial charge in [0.1, 0.15) is 11.3 Å². The number of fused-ring (bicyclic) bond motifs is 1. The number of rotatable bonds is 5. The van der Waals surface area contributed by atoms with E-state index < -0.39 is 0 Å². The molecule has 0 saturated heterocycles. The monoisotopic (exact) mass is 279 g/mol. The van der Waals surface area contributed by atoms with Gasteiger partial charge in [-0.15, -0.1) is 0 Å². The average molecular weight is 279 g/mol. The lowest BCUT2D eigenvalue weighted by molar-refractivity contribution is 0.314. The average Bonchev–Trinajstić information content (AvgIpc) is 2.55. The van der Waals surface area contributed by atoms with Crippen LogP contribution in [0.1, 0.15) is 12.0 Å². The lowest BCUT2D eigenvalue weighted by Gasteiger charge is -2.10. The Morgan fingerprint density at radius 2 is 1.86 bits per heavy atom. The van der Waals surface area contributed by atoms with Crippen LogP contribution in [0.5, 0.6) is 5.75 Å². The van der Waals surface area contributed by atoms with Gasteiger partial charge in [-0.2, -0.15) is 0 Å². The van der Waals surface area contributed by atoms with Crippen LogP contribution in [-0.2, 0) is 6.42 Å². The van der Waals surface area contributed by atoms with E-state index >= 15 is 0 Å². The summed E-state index contributed by atoms with van der Waals surface area (Å²) in [4.78, 5) is 8.38. The van der Waals surface area contributed by atoms with Crippen LogP contribution in [0.2, 0.25) is 0 Å². The van der Waals surface area contributed by atoms with Crippen molar-refractivity contribution >= 4 is 16.6 Å². The zero-order valence-corrected chi connectivity index (χ0v) is 11.7. The molecule has 0 aliphatic carbocycles. The van der Waals surface area contributed by atoms with Crippen molar-refractivity contribution in [1.82, 2.24) is 9.97 Å². The third-order valence-electron chi connectivity index (χ3n) is 3.38. The summed E-state index contributed by atoms with van der Waals surface area (Å²) in [6.45, 7) is 0.651. The number of aromatic nitrogens is 2. The van der Waals surface area contributed by atoms with E-state index in [0.717, 1.165) is 35.2 Å². The van der Waals surface area contributed by atoms with Gasteiger partial charge in [-0.25, -0.2) is 0 Å².